The van der Waals surface area contributed by atoms with E-state index < -0.39 is 0 Å². The molecule has 0 amide bonds. The smallest absolute Gasteiger partial charge is 0.170 e. The summed E-state index contributed by atoms with van der Waals surface area (Å²) < 4.78 is 18.1. The fourth-order valence-corrected chi connectivity index (χ4v) is 1.43. The first-order chi connectivity index (χ1) is 6.27. The van der Waals surface area contributed by atoms with Crippen LogP contribution in [0.25, 0.3) is 0 Å². The van der Waals surface area contributed by atoms with Gasteiger partial charge in [-0.2, -0.15) is 0 Å². The summed E-state index contributed by atoms with van der Waals surface area (Å²) in [7, 11) is 0. The zero-order valence-corrected chi connectivity index (χ0v) is 7.27. The van der Waals surface area contributed by atoms with Crippen LogP contribution in [-0.4, -0.2) is 12.4 Å². The fraction of sp³-hybridized carbons (Fsp3) is 0.300. The van der Waals surface area contributed by atoms with Gasteiger partial charge in [0.25, 0.3) is 0 Å². The van der Waals surface area contributed by atoms with Crippen molar-refractivity contribution < 1.29 is 9.13 Å². The Bertz CT molecular complexity index is 337. The van der Waals surface area contributed by atoms with E-state index in [4.69, 9.17) is 4.74 Å². The van der Waals surface area contributed by atoms with Crippen LogP contribution >= 0.6 is 0 Å². The summed E-state index contributed by atoms with van der Waals surface area (Å²) >= 11 is 0. The van der Waals surface area contributed by atoms with Crippen LogP contribution in [0.4, 0.5) is 4.39 Å². The molecule has 0 aromatic heterocycles. The van der Waals surface area contributed by atoms with E-state index in [9.17, 15) is 4.39 Å². The Morgan fingerprint density at radius 3 is 2.92 bits per heavy atom. The predicted molar refractivity (Wildman–Crippen MR) is 48.2 cm³/mol. The number of hydrogen-bond donors (Lipinski definition) is 0. The molecule has 3 heteroatoms. The number of aliphatic imine (C=N–C) groups is 1. The summed E-state index contributed by atoms with van der Waals surface area (Å²) in [6, 6.07) is 6.50. The monoisotopic (exact) mass is 179 g/mol. The summed E-state index contributed by atoms with van der Waals surface area (Å²) in [5.74, 6) is -0.236. The van der Waals surface area contributed by atoms with Crippen molar-refractivity contribution in [3.8, 4) is 0 Å². The molecule has 0 bridgehead atoms. The van der Waals surface area contributed by atoms with Gasteiger partial charge in [-0.3, -0.25) is 4.99 Å². The molecular formula is C10H10FNO. The molecule has 0 fully saturated rings. The predicted octanol–water partition coefficient (Wildman–Crippen LogP) is 2.31. The van der Waals surface area contributed by atoms with E-state index in [1.807, 2.05) is 13.0 Å². The van der Waals surface area contributed by atoms with Crippen LogP contribution in [0.5, 0.6) is 0 Å². The molecule has 0 saturated heterocycles. The van der Waals surface area contributed by atoms with Gasteiger partial charge in [-0.05, 0) is 24.6 Å². The quantitative estimate of drug-likeness (QED) is 0.648. The third kappa shape index (κ3) is 1.54. The van der Waals surface area contributed by atoms with Crippen LogP contribution in [0, 0.1) is 5.82 Å². The number of rotatable bonds is 1. The largest absolute Gasteiger partial charge is 0.473 e. The molecule has 1 heterocycles. The molecule has 13 heavy (non-hydrogen) atoms. The maximum absolute atomic E-state index is 12.9. The number of ether oxygens (including phenoxy) is 1. The first-order valence-electron chi connectivity index (χ1n) is 4.20. The molecule has 2 atom stereocenters. The van der Waals surface area contributed by atoms with Crippen LogP contribution in [0.1, 0.15) is 18.6 Å². The summed E-state index contributed by atoms with van der Waals surface area (Å²) in [6.45, 7) is 1.94. The molecule has 1 aliphatic rings. The van der Waals surface area contributed by atoms with E-state index in [0.29, 0.717) is 0 Å². The van der Waals surface area contributed by atoms with E-state index in [1.165, 1.54) is 18.5 Å². The highest BCUT2D eigenvalue weighted by Crippen LogP contribution is 2.26. The second-order valence-electron chi connectivity index (χ2n) is 3.11. The first-order valence-corrected chi connectivity index (χ1v) is 4.20. The highest BCUT2D eigenvalue weighted by molar-refractivity contribution is 5.50. The number of halogens is 1. The van der Waals surface area contributed by atoms with E-state index in [2.05, 4.69) is 4.99 Å². The lowest BCUT2D eigenvalue weighted by atomic mass is 10.0. The van der Waals surface area contributed by atoms with Crippen molar-refractivity contribution >= 4 is 6.40 Å². The average Bonchev–Trinajstić information content (AvgIpc) is 2.51. The second-order valence-corrected chi connectivity index (χ2v) is 3.11. The molecule has 0 saturated carbocycles. The molecule has 1 aromatic carbocycles. The van der Waals surface area contributed by atoms with Gasteiger partial charge in [0.1, 0.15) is 11.9 Å². The van der Waals surface area contributed by atoms with E-state index >= 15 is 0 Å². The average molecular weight is 179 g/mol. The molecule has 2 nitrogen and oxygen atoms in total. The van der Waals surface area contributed by atoms with Crippen molar-refractivity contribution in [2.24, 2.45) is 4.99 Å². The summed E-state index contributed by atoms with van der Waals surface area (Å²) in [5, 5.41) is 0. The highest BCUT2D eigenvalue weighted by Gasteiger charge is 2.23. The second kappa shape index (κ2) is 3.17. The van der Waals surface area contributed by atoms with Gasteiger partial charge in [-0.1, -0.05) is 12.1 Å². The van der Waals surface area contributed by atoms with Crippen LogP contribution in [-0.2, 0) is 4.74 Å². The van der Waals surface area contributed by atoms with Gasteiger partial charge in [-0.25, -0.2) is 4.39 Å². The van der Waals surface area contributed by atoms with E-state index in [-0.39, 0.29) is 18.0 Å². The molecule has 2 unspecified atom stereocenters. The van der Waals surface area contributed by atoms with Crippen LogP contribution in [0.15, 0.2) is 29.3 Å². The topological polar surface area (TPSA) is 21.6 Å². The van der Waals surface area contributed by atoms with Crippen molar-refractivity contribution in [2.75, 3.05) is 0 Å². The van der Waals surface area contributed by atoms with Crippen molar-refractivity contribution in [2.45, 2.75) is 19.1 Å². The molecule has 2 rings (SSSR count). The van der Waals surface area contributed by atoms with Gasteiger partial charge < -0.3 is 4.74 Å². The van der Waals surface area contributed by atoms with Crippen LogP contribution in [0.2, 0.25) is 0 Å². The number of nitrogens with zero attached hydrogens (tertiary/aromatic N) is 1. The number of hydrogen-bond acceptors (Lipinski definition) is 2. The van der Waals surface area contributed by atoms with Gasteiger partial charge in [0, 0.05) is 0 Å². The lowest BCUT2D eigenvalue weighted by molar-refractivity contribution is 0.210. The van der Waals surface area contributed by atoms with E-state index in [0.717, 1.165) is 5.56 Å². The van der Waals surface area contributed by atoms with Crippen molar-refractivity contribution in [1.82, 2.24) is 0 Å². The third-order valence-electron chi connectivity index (χ3n) is 2.12. The maximum Gasteiger partial charge on any atom is 0.170 e. The van der Waals surface area contributed by atoms with E-state index in [1.54, 1.807) is 6.07 Å². The Labute approximate surface area is 76.1 Å². The van der Waals surface area contributed by atoms with Crippen LogP contribution in [0.3, 0.4) is 0 Å². The minimum atomic E-state index is -0.236. The van der Waals surface area contributed by atoms with Gasteiger partial charge in [0.05, 0.1) is 6.04 Å². The van der Waals surface area contributed by atoms with Crippen LogP contribution < -0.4 is 0 Å². The van der Waals surface area contributed by atoms with Gasteiger partial charge in [0.2, 0.25) is 0 Å². The molecule has 0 spiro atoms. The molecule has 0 radical (unpaired) electrons. The minimum Gasteiger partial charge on any atom is -0.473 e. The van der Waals surface area contributed by atoms with Gasteiger partial charge >= 0.3 is 0 Å². The van der Waals surface area contributed by atoms with Crippen molar-refractivity contribution in [3.05, 3.63) is 35.6 Å². The highest BCUT2D eigenvalue weighted by atomic mass is 19.1. The molecule has 0 aliphatic carbocycles. The zero-order chi connectivity index (χ0) is 9.26. The fourth-order valence-electron chi connectivity index (χ4n) is 1.43. The Kier molecular flexibility index (Phi) is 2.00. The number of benzene rings is 1. The lowest BCUT2D eigenvalue weighted by Gasteiger charge is -2.13. The first kappa shape index (κ1) is 8.23. The van der Waals surface area contributed by atoms with Crippen molar-refractivity contribution in [1.29, 1.82) is 0 Å². The molecule has 68 valence electrons. The third-order valence-corrected chi connectivity index (χ3v) is 2.12. The molecule has 0 N–H and O–H groups in total. The molecule has 1 aliphatic heterocycles. The normalized spacial score (nSPS) is 26.0. The minimum absolute atomic E-state index is 0.0711. The van der Waals surface area contributed by atoms with Gasteiger partial charge in [-0.15, -0.1) is 0 Å². The van der Waals surface area contributed by atoms with Gasteiger partial charge in [0.15, 0.2) is 6.40 Å². The Hall–Kier alpha value is -1.38. The Morgan fingerprint density at radius 2 is 2.31 bits per heavy atom. The maximum atomic E-state index is 12.9. The summed E-state index contributed by atoms with van der Waals surface area (Å²) in [6.07, 6.45) is 1.30. The zero-order valence-electron chi connectivity index (χ0n) is 7.27. The Morgan fingerprint density at radius 1 is 1.46 bits per heavy atom. The summed E-state index contributed by atoms with van der Waals surface area (Å²) in [4.78, 5) is 4.05. The molecular weight excluding hydrogens is 169 g/mol. The lowest BCUT2D eigenvalue weighted by Crippen LogP contribution is -2.09. The summed E-state index contributed by atoms with van der Waals surface area (Å²) in [5.41, 5.74) is 0.838. The Balaban J connectivity index is 2.26. The SMILES string of the molecule is CC1N=COC1c1cccc(F)c1. The standard InChI is InChI=1S/C10H10FNO/c1-7-10(13-6-12-7)8-3-2-4-9(11)5-8/h2-7,10H,1H3. The molecule has 1 aromatic rings. The van der Waals surface area contributed by atoms with Crippen molar-refractivity contribution in [3.63, 3.8) is 0 Å².